The summed E-state index contributed by atoms with van der Waals surface area (Å²) in [6.07, 6.45) is -12.0. The average molecular weight is 523 g/mol. The van der Waals surface area contributed by atoms with Crippen molar-refractivity contribution in [2.24, 2.45) is 0 Å². The molecule has 36 heavy (non-hydrogen) atoms. The van der Waals surface area contributed by atoms with Gasteiger partial charge in [-0.3, -0.25) is 4.79 Å². The molecular weight excluding hydrogens is 504 g/mol. The lowest BCUT2D eigenvalue weighted by atomic mass is 9.79. The maximum Gasteiger partial charge on any atom is 0.430 e. The van der Waals surface area contributed by atoms with Crippen LogP contribution in [0.15, 0.2) is 77.7 Å². The zero-order valence-electron chi connectivity index (χ0n) is 18.6. The van der Waals surface area contributed by atoms with Gasteiger partial charge in [0.15, 0.2) is 0 Å². The van der Waals surface area contributed by atoms with Gasteiger partial charge in [0.25, 0.3) is 5.60 Å². The van der Waals surface area contributed by atoms with E-state index in [-0.39, 0.29) is 21.7 Å². The van der Waals surface area contributed by atoms with Gasteiger partial charge >= 0.3 is 12.4 Å². The molecule has 0 saturated carbocycles. The highest BCUT2D eigenvalue weighted by Crippen LogP contribution is 2.56. The van der Waals surface area contributed by atoms with Crippen molar-refractivity contribution in [3.05, 3.63) is 95.1 Å². The highest BCUT2D eigenvalue weighted by molar-refractivity contribution is 8.00. The Morgan fingerprint density at radius 3 is 2.03 bits per heavy atom. The number of alkyl halides is 6. The van der Waals surface area contributed by atoms with Crippen LogP contribution in [0.1, 0.15) is 41.1 Å². The second kappa shape index (κ2) is 8.27. The molecule has 3 atom stereocenters. The van der Waals surface area contributed by atoms with Crippen LogP contribution < -0.4 is 4.90 Å². The third kappa shape index (κ3) is 3.53. The first-order chi connectivity index (χ1) is 16.9. The van der Waals surface area contributed by atoms with E-state index in [1.165, 1.54) is 4.90 Å². The van der Waals surface area contributed by atoms with Gasteiger partial charge in [-0.2, -0.15) is 26.3 Å². The summed E-state index contributed by atoms with van der Waals surface area (Å²) in [6, 6.07) is 18.3. The first-order valence-corrected chi connectivity index (χ1v) is 11.9. The molecule has 3 nitrogen and oxygen atoms in total. The molecule has 3 aromatic carbocycles. The van der Waals surface area contributed by atoms with Gasteiger partial charge < -0.3 is 10.0 Å². The SMILES string of the molecule is C[C@@H]1Sc2cc(C(O)(C(F)(F)F)C(F)(F)F)ccc2N2C(=O)[C@H](c3ccccc3)c3ccccc3C12. The number of amides is 1. The number of halogens is 6. The molecule has 10 heteroatoms. The quantitative estimate of drug-likeness (QED) is 0.380. The predicted molar refractivity (Wildman–Crippen MR) is 123 cm³/mol. The van der Waals surface area contributed by atoms with Crippen molar-refractivity contribution >= 4 is 23.4 Å². The van der Waals surface area contributed by atoms with Crippen molar-refractivity contribution in [3.8, 4) is 0 Å². The fraction of sp³-hybridized carbons (Fsp3) is 0.269. The van der Waals surface area contributed by atoms with E-state index in [1.807, 2.05) is 30.3 Å². The number of carbonyl (C=O) groups excluding carboxylic acids is 1. The number of hydrogen-bond donors (Lipinski definition) is 1. The van der Waals surface area contributed by atoms with Crippen molar-refractivity contribution in [2.75, 3.05) is 4.90 Å². The number of rotatable bonds is 2. The van der Waals surface area contributed by atoms with Crippen molar-refractivity contribution < 1.29 is 36.2 Å². The van der Waals surface area contributed by atoms with Gasteiger partial charge in [0.05, 0.1) is 17.6 Å². The molecule has 188 valence electrons. The molecule has 5 rings (SSSR count). The molecule has 0 aliphatic carbocycles. The molecule has 0 radical (unpaired) electrons. The molecule has 1 N–H and O–H groups in total. The van der Waals surface area contributed by atoms with E-state index in [0.717, 1.165) is 34.5 Å². The number of carbonyl (C=O) groups is 1. The zero-order valence-corrected chi connectivity index (χ0v) is 19.5. The van der Waals surface area contributed by atoms with Gasteiger partial charge in [0.2, 0.25) is 5.91 Å². The lowest BCUT2D eigenvalue weighted by molar-refractivity contribution is -0.376. The molecule has 0 fully saturated rings. The highest BCUT2D eigenvalue weighted by Gasteiger charge is 2.71. The van der Waals surface area contributed by atoms with Crippen LogP contribution in [-0.2, 0) is 10.4 Å². The third-order valence-electron chi connectivity index (χ3n) is 6.74. The molecule has 0 bridgehead atoms. The normalized spacial score (nSPS) is 22.1. The summed E-state index contributed by atoms with van der Waals surface area (Å²) in [7, 11) is 0. The number of benzene rings is 3. The first kappa shape index (κ1) is 24.7. The minimum atomic E-state index is -5.99. The highest BCUT2D eigenvalue weighted by atomic mass is 32.2. The van der Waals surface area contributed by atoms with Crippen LogP contribution in [0.5, 0.6) is 0 Å². The first-order valence-electron chi connectivity index (χ1n) is 11.0. The molecule has 1 amide bonds. The number of nitrogens with zero attached hydrogens (tertiary/aromatic N) is 1. The van der Waals surface area contributed by atoms with Crippen molar-refractivity contribution in [1.29, 1.82) is 0 Å². The Bertz CT molecular complexity index is 1310. The average Bonchev–Trinajstić information content (AvgIpc) is 2.82. The van der Waals surface area contributed by atoms with Gasteiger partial charge in [0.1, 0.15) is 0 Å². The Morgan fingerprint density at radius 1 is 0.833 bits per heavy atom. The van der Waals surface area contributed by atoms with Crippen LogP contribution in [0.3, 0.4) is 0 Å². The van der Waals surface area contributed by atoms with Gasteiger partial charge in [-0.15, -0.1) is 11.8 Å². The molecule has 3 aromatic rings. The standard InChI is InChI=1S/C26H19F6NO2S/c1-14-22-18-10-6-5-9-17(18)21(15-7-3-2-4-8-15)23(34)33(22)19-12-11-16(13-20(19)36-14)24(35,25(27,28)29)26(30,31)32/h2-14,21-22,35H,1H3/t14-,21+,22?/m0/s1. The van der Waals surface area contributed by atoms with Gasteiger partial charge in [-0.05, 0) is 28.8 Å². The Labute approximate surface area is 206 Å². The van der Waals surface area contributed by atoms with E-state index < -0.39 is 35.5 Å². The lowest BCUT2D eigenvalue weighted by Gasteiger charge is -2.47. The Hall–Kier alpha value is -2.98. The number of aliphatic hydroxyl groups is 1. The van der Waals surface area contributed by atoms with Crippen molar-refractivity contribution in [3.63, 3.8) is 0 Å². The topological polar surface area (TPSA) is 40.5 Å². The zero-order chi connectivity index (χ0) is 26.0. The minimum absolute atomic E-state index is 0.0581. The van der Waals surface area contributed by atoms with Gasteiger partial charge in [-0.1, -0.05) is 67.6 Å². The maximum atomic E-state index is 13.9. The number of thioether (sulfide) groups is 1. The molecule has 0 saturated heterocycles. The molecule has 0 spiro atoms. The van der Waals surface area contributed by atoms with E-state index in [0.29, 0.717) is 12.1 Å². The smallest absolute Gasteiger partial charge is 0.369 e. The molecule has 1 unspecified atom stereocenters. The van der Waals surface area contributed by atoms with Gasteiger partial charge in [-0.25, -0.2) is 0 Å². The molecule has 2 aliphatic rings. The molecule has 0 aromatic heterocycles. The van der Waals surface area contributed by atoms with Crippen molar-refractivity contribution in [1.82, 2.24) is 0 Å². The fourth-order valence-corrected chi connectivity index (χ4v) is 6.36. The maximum absolute atomic E-state index is 13.9. The summed E-state index contributed by atoms with van der Waals surface area (Å²) < 4.78 is 80.9. The number of fused-ring (bicyclic) bond motifs is 5. The summed E-state index contributed by atoms with van der Waals surface area (Å²) in [5.74, 6) is -1.02. The summed E-state index contributed by atoms with van der Waals surface area (Å²) in [4.78, 5) is 15.5. The van der Waals surface area contributed by atoms with Crippen LogP contribution in [-0.4, -0.2) is 28.6 Å². The summed E-state index contributed by atoms with van der Waals surface area (Å²) in [5, 5.41) is 9.50. The van der Waals surface area contributed by atoms with Crippen LogP contribution in [0.2, 0.25) is 0 Å². The van der Waals surface area contributed by atoms with Crippen LogP contribution in [0, 0.1) is 0 Å². The fourth-order valence-electron chi connectivity index (χ4n) is 5.08. The Balaban J connectivity index is 1.68. The Morgan fingerprint density at radius 2 is 1.42 bits per heavy atom. The van der Waals surface area contributed by atoms with Crippen LogP contribution >= 0.6 is 11.8 Å². The monoisotopic (exact) mass is 523 g/mol. The third-order valence-corrected chi connectivity index (χ3v) is 7.95. The summed E-state index contributed by atoms with van der Waals surface area (Å²) in [6.45, 7) is 1.77. The largest absolute Gasteiger partial charge is 0.430 e. The van der Waals surface area contributed by atoms with E-state index in [9.17, 15) is 36.2 Å². The molecule has 2 aliphatic heterocycles. The number of anilines is 1. The van der Waals surface area contributed by atoms with E-state index in [4.69, 9.17) is 0 Å². The number of hydrogen-bond acceptors (Lipinski definition) is 3. The minimum Gasteiger partial charge on any atom is -0.369 e. The lowest BCUT2D eigenvalue weighted by Crippen LogP contribution is -2.54. The second-order valence-corrected chi connectivity index (χ2v) is 10.3. The Kier molecular flexibility index (Phi) is 5.68. The van der Waals surface area contributed by atoms with E-state index >= 15 is 0 Å². The van der Waals surface area contributed by atoms with E-state index in [1.54, 1.807) is 31.2 Å². The van der Waals surface area contributed by atoms with Crippen LogP contribution in [0.4, 0.5) is 32.0 Å². The van der Waals surface area contributed by atoms with Gasteiger partial charge in [0, 0.05) is 15.7 Å². The molecular formula is C26H19F6NO2S. The second-order valence-electron chi connectivity index (χ2n) is 8.84. The van der Waals surface area contributed by atoms with Crippen molar-refractivity contribution in [2.45, 2.75) is 47.0 Å². The van der Waals surface area contributed by atoms with Crippen LogP contribution in [0.25, 0.3) is 0 Å². The predicted octanol–water partition coefficient (Wildman–Crippen LogP) is 6.71. The van der Waals surface area contributed by atoms with E-state index in [2.05, 4.69) is 0 Å². The summed E-state index contributed by atoms with van der Waals surface area (Å²) >= 11 is 1.07. The summed E-state index contributed by atoms with van der Waals surface area (Å²) in [5.41, 5.74) is -3.78. The molecule has 2 heterocycles.